The van der Waals surface area contributed by atoms with E-state index in [-0.39, 0.29) is 0 Å². The number of nitrogens with one attached hydrogen (secondary N) is 1. The molecule has 0 aromatic carbocycles. The van der Waals surface area contributed by atoms with Gasteiger partial charge in [-0.2, -0.15) is 0 Å². The van der Waals surface area contributed by atoms with Gasteiger partial charge in [-0.05, 0) is 26.4 Å². The molecule has 1 unspecified atom stereocenters. The molecule has 0 radical (unpaired) electrons. The SMILES string of the molecule is CNCC1CCCCN1Cc1csc(C(C)C)n1. The molecule has 1 aliphatic rings. The summed E-state index contributed by atoms with van der Waals surface area (Å²) in [6.07, 6.45) is 4.03. The average Bonchev–Trinajstić information content (AvgIpc) is 2.81. The van der Waals surface area contributed by atoms with E-state index in [4.69, 9.17) is 4.98 Å². The molecular formula is C14H25N3S. The zero-order valence-corrected chi connectivity index (χ0v) is 12.6. The van der Waals surface area contributed by atoms with Crippen molar-refractivity contribution in [2.24, 2.45) is 0 Å². The molecule has 1 fully saturated rings. The molecule has 1 aromatic heterocycles. The summed E-state index contributed by atoms with van der Waals surface area (Å²) in [5.74, 6) is 0.554. The van der Waals surface area contributed by atoms with Crippen LogP contribution in [0.1, 0.15) is 49.7 Å². The predicted molar refractivity (Wildman–Crippen MR) is 78.2 cm³/mol. The van der Waals surface area contributed by atoms with E-state index >= 15 is 0 Å². The monoisotopic (exact) mass is 267 g/mol. The van der Waals surface area contributed by atoms with E-state index in [0.717, 1.165) is 13.1 Å². The summed E-state index contributed by atoms with van der Waals surface area (Å²) >= 11 is 1.81. The minimum atomic E-state index is 0.554. The van der Waals surface area contributed by atoms with E-state index in [0.29, 0.717) is 12.0 Å². The van der Waals surface area contributed by atoms with Crippen molar-refractivity contribution in [2.45, 2.75) is 51.6 Å². The molecule has 0 spiro atoms. The molecule has 4 heteroatoms. The molecule has 18 heavy (non-hydrogen) atoms. The van der Waals surface area contributed by atoms with Crippen molar-refractivity contribution in [3.05, 3.63) is 16.1 Å². The molecule has 1 atom stereocenters. The Hall–Kier alpha value is -0.450. The number of aromatic nitrogens is 1. The lowest BCUT2D eigenvalue weighted by molar-refractivity contribution is 0.138. The molecule has 0 saturated carbocycles. The second kappa shape index (κ2) is 6.64. The van der Waals surface area contributed by atoms with E-state index in [9.17, 15) is 0 Å². The Morgan fingerprint density at radius 3 is 3.00 bits per heavy atom. The van der Waals surface area contributed by atoms with Gasteiger partial charge in [-0.25, -0.2) is 4.98 Å². The topological polar surface area (TPSA) is 28.2 Å². The Morgan fingerprint density at radius 1 is 1.50 bits per heavy atom. The van der Waals surface area contributed by atoms with Crippen molar-refractivity contribution >= 4 is 11.3 Å². The summed E-state index contributed by atoms with van der Waals surface area (Å²) < 4.78 is 0. The largest absolute Gasteiger partial charge is 0.318 e. The lowest BCUT2D eigenvalue weighted by Gasteiger charge is -2.35. The highest BCUT2D eigenvalue weighted by Gasteiger charge is 2.22. The van der Waals surface area contributed by atoms with Gasteiger partial charge in [0, 0.05) is 30.4 Å². The van der Waals surface area contributed by atoms with Crippen molar-refractivity contribution < 1.29 is 0 Å². The van der Waals surface area contributed by atoms with Crippen LogP contribution in [-0.2, 0) is 6.54 Å². The van der Waals surface area contributed by atoms with Crippen LogP contribution >= 0.6 is 11.3 Å². The number of nitrogens with zero attached hydrogens (tertiary/aromatic N) is 2. The molecule has 102 valence electrons. The van der Waals surface area contributed by atoms with Crippen LogP contribution in [-0.4, -0.2) is 36.1 Å². The number of rotatable bonds is 5. The first kappa shape index (κ1) is 14.0. The summed E-state index contributed by atoms with van der Waals surface area (Å²) in [7, 11) is 2.05. The molecule has 1 aliphatic heterocycles. The molecule has 0 amide bonds. The number of hydrogen-bond donors (Lipinski definition) is 1. The molecule has 1 saturated heterocycles. The van der Waals surface area contributed by atoms with Crippen molar-refractivity contribution in [1.29, 1.82) is 0 Å². The molecule has 0 aliphatic carbocycles. The van der Waals surface area contributed by atoms with Crippen molar-refractivity contribution in [1.82, 2.24) is 15.2 Å². The van der Waals surface area contributed by atoms with E-state index in [1.165, 1.54) is 36.5 Å². The van der Waals surface area contributed by atoms with Crippen LogP contribution in [0.2, 0.25) is 0 Å². The second-order valence-corrected chi connectivity index (χ2v) is 6.40. The van der Waals surface area contributed by atoms with Gasteiger partial charge in [0.15, 0.2) is 0 Å². The van der Waals surface area contributed by atoms with Gasteiger partial charge in [0.1, 0.15) is 0 Å². The first-order valence-electron chi connectivity index (χ1n) is 7.03. The van der Waals surface area contributed by atoms with Crippen molar-refractivity contribution in [3.8, 4) is 0 Å². The number of likely N-dealkylation sites (tertiary alicyclic amines) is 1. The quantitative estimate of drug-likeness (QED) is 0.889. The van der Waals surface area contributed by atoms with Crippen LogP contribution in [0.5, 0.6) is 0 Å². The first-order valence-corrected chi connectivity index (χ1v) is 7.91. The second-order valence-electron chi connectivity index (χ2n) is 5.51. The highest BCUT2D eigenvalue weighted by molar-refractivity contribution is 7.09. The van der Waals surface area contributed by atoms with Gasteiger partial charge in [-0.1, -0.05) is 20.3 Å². The predicted octanol–water partition coefficient (Wildman–Crippen LogP) is 2.84. The van der Waals surface area contributed by atoms with Crippen LogP contribution in [0.25, 0.3) is 0 Å². The standard InChI is InChI=1S/C14H25N3S/c1-11(2)14-16-12(10-18-14)9-17-7-5-4-6-13(17)8-15-3/h10-11,13,15H,4-9H2,1-3H3. The highest BCUT2D eigenvalue weighted by Crippen LogP contribution is 2.23. The molecule has 1 aromatic rings. The van der Waals surface area contributed by atoms with Gasteiger partial charge in [-0.15, -0.1) is 11.3 Å². The fourth-order valence-electron chi connectivity index (χ4n) is 2.60. The Bertz CT molecular complexity index is 360. The highest BCUT2D eigenvalue weighted by atomic mass is 32.1. The zero-order valence-electron chi connectivity index (χ0n) is 11.8. The number of piperidine rings is 1. The number of likely N-dealkylation sites (N-methyl/N-ethyl adjacent to an activating group) is 1. The lowest BCUT2D eigenvalue weighted by atomic mass is 10.0. The summed E-state index contributed by atoms with van der Waals surface area (Å²) in [4.78, 5) is 7.35. The van der Waals surface area contributed by atoms with Gasteiger partial charge in [0.05, 0.1) is 10.7 Å². The Morgan fingerprint density at radius 2 is 2.33 bits per heavy atom. The maximum Gasteiger partial charge on any atom is 0.0954 e. The van der Waals surface area contributed by atoms with Crippen LogP contribution in [0.3, 0.4) is 0 Å². The number of hydrogen-bond acceptors (Lipinski definition) is 4. The molecular weight excluding hydrogens is 242 g/mol. The average molecular weight is 267 g/mol. The van der Waals surface area contributed by atoms with Crippen molar-refractivity contribution in [2.75, 3.05) is 20.1 Å². The first-order chi connectivity index (χ1) is 8.70. The summed E-state index contributed by atoms with van der Waals surface area (Å²) in [5.41, 5.74) is 1.26. The fraction of sp³-hybridized carbons (Fsp3) is 0.786. The van der Waals surface area contributed by atoms with Crippen LogP contribution in [0, 0.1) is 0 Å². The molecule has 3 nitrogen and oxygen atoms in total. The summed E-state index contributed by atoms with van der Waals surface area (Å²) in [6.45, 7) is 7.78. The van der Waals surface area contributed by atoms with Crippen LogP contribution in [0.4, 0.5) is 0 Å². The van der Waals surface area contributed by atoms with E-state index < -0.39 is 0 Å². The van der Waals surface area contributed by atoms with Crippen LogP contribution < -0.4 is 5.32 Å². The molecule has 2 heterocycles. The smallest absolute Gasteiger partial charge is 0.0954 e. The summed E-state index contributed by atoms with van der Waals surface area (Å²) in [6, 6.07) is 0.688. The zero-order chi connectivity index (χ0) is 13.0. The summed E-state index contributed by atoms with van der Waals surface area (Å²) in [5, 5.41) is 6.82. The maximum atomic E-state index is 4.75. The van der Waals surface area contributed by atoms with Gasteiger partial charge in [0.25, 0.3) is 0 Å². The normalized spacial score (nSPS) is 21.7. The van der Waals surface area contributed by atoms with Gasteiger partial charge in [0.2, 0.25) is 0 Å². The minimum Gasteiger partial charge on any atom is -0.318 e. The van der Waals surface area contributed by atoms with Gasteiger partial charge >= 0.3 is 0 Å². The molecule has 1 N–H and O–H groups in total. The third-order valence-electron chi connectivity index (χ3n) is 3.62. The number of thiazole rings is 1. The Kier molecular flexibility index (Phi) is 5.15. The molecule has 0 bridgehead atoms. The van der Waals surface area contributed by atoms with Crippen molar-refractivity contribution in [3.63, 3.8) is 0 Å². The van der Waals surface area contributed by atoms with E-state index in [1.54, 1.807) is 0 Å². The fourth-order valence-corrected chi connectivity index (χ4v) is 3.43. The van der Waals surface area contributed by atoms with Gasteiger partial charge < -0.3 is 5.32 Å². The molecule has 2 rings (SSSR count). The minimum absolute atomic E-state index is 0.554. The third kappa shape index (κ3) is 3.53. The van der Waals surface area contributed by atoms with E-state index in [1.807, 2.05) is 18.4 Å². The lowest BCUT2D eigenvalue weighted by Crippen LogP contribution is -2.44. The Labute approximate surface area is 115 Å². The maximum absolute atomic E-state index is 4.75. The third-order valence-corrected chi connectivity index (χ3v) is 4.81. The van der Waals surface area contributed by atoms with Crippen LogP contribution in [0.15, 0.2) is 5.38 Å². The van der Waals surface area contributed by atoms with E-state index in [2.05, 4.69) is 29.4 Å². The van der Waals surface area contributed by atoms with Gasteiger partial charge in [-0.3, -0.25) is 4.90 Å². The Balaban J connectivity index is 1.97.